The summed E-state index contributed by atoms with van der Waals surface area (Å²) in [7, 11) is -4.19. The first-order valence-electron chi connectivity index (χ1n) is 14.2. The van der Waals surface area contributed by atoms with Crippen molar-refractivity contribution < 1.29 is 22.4 Å². The van der Waals surface area contributed by atoms with Gasteiger partial charge in [0, 0.05) is 25.1 Å². The van der Waals surface area contributed by atoms with Crippen molar-refractivity contribution in [1.82, 2.24) is 10.2 Å². The first-order valence-corrected chi connectivity index (χ1v) is 15.6. The zero-order valence-corrected chi connectivity index (χ0v) is 25.1. The number of hydrogen-bond donors (Lipinski definition) is 1. The third-order valence-corrected chi connectivity index (χ3v) is 8.84. The Labute approximate surface area is 253 Å². The molecule has 4 rings (SSSR count). The van der Waals surface area contributed by atoms with E-state index in [2.05, 4.69) is 5.32 Å². The van der Waals surface area contributed by atoms with Gasteiger partial charge in [0.2, 0.25) is 11.8 Å². The molecule has 0 bridgehead atoms. The average molecular weight is 602 g/mol. The molecule has 7 nitrogen and oxygen atoms in total. The number of anilines is 1. The number of hydrogen-bond acceptors (Lipinski definition) is 4. The molecule has 1 N–H and O–H groups in total. The van der Waals surface area contributed by atoms with Crippen LogP contribution in [0.4, 0.5) is 10.1 Å². The highest BCUT2D eigenvalue weighted by Crippen LogP contribution is 2.25. The summed E-state index contributed by atoms with van der Waals surface area (Å²) in [6, 6.07) is 29.0. The number of halogens is 1. The van der Waals surface area contributed by atoms with E-state index < -0.39 is 40.2 Å². The van der Waals surface area contributed by atoms with Crippen LogP contribution in [0.25, 0.3) is 0 Å². The lowest BCUT2D eigenvalue weighted by atomic mass is 10.0. The predicted molar refractivity (Wildman–Crippen MR) is 166 cm³/mol. The molecule has 0 heterocycles. The minimum Gasteiger partial charge on any atom is -0.354 e. The highest BCUT2D eigenvalue weighted by Gasteiger charge is 2.34. The molecule has 0 unspecified atom stereocenters. The van der Waals surface area contributed by atoms with Crippen LogP contribution in [-0.4, -0.2) is 44.3 Å². The first kappa shape index (κ1) is 31.4. The quantitative estimate of drug-likeness (QED) is 0.219. The van der Waals surface area contributed by atoms with Crippen LogP contribution >= 0.6 is 0 Å². The van der Waals surface area contributed by atoms with Crippen LogP contribution in [-0.2, 0) is 32.6 Å². The van der Waals surface area contributed by atoms with Gasteiger partial charge in [0.25, 0.3) is 10.0 Å². The van der Waals surface area contributed by atoms with Crippen molar-refractivity contribution in [2.75, 3.05) is 17.4 Å². The van der Waals surface area contributed by atoms with Gasteiger partial charge in [0.05, 0.1) is 10.6 Å². The minimum atomic E-state index is -4.19. The van der Waals surface area contributed by atoms with Crippen LogP contribution < -0.4 is 9.62 Å². The molecule has 0 aliphatic heterocycles. The van der Waals surface area contributed by atoms with Crippen molar-refractivity contribution in [3.63, 3.8) is 0 Å². The Morgan fingerprint density at radius 3 is 2.07 bits per heavy atom. The van der Waals surface area contributed by atoms with Gasteiger partial charge in [-0.3, -0.25) is 13.9 Å². The number of sulfonamides is 1. The van der Waals surface area contributed by atoms with E-state index in [1.807, 2.05) is 44.2 Å². The number of benzene rings is 4. The molecule has 9 heteroatoms. The Balaban J connectivity index is 1.78. The van der Waals surface area contributed by atoms with E-state index in [4.69, 9.17) is 0 Å². The SMILES string of the molecule is CCCNC(=O)[C@@H](Cc1ccccc1)N(Cc1ccccc1F)C(=O)CN(c1ccccc1)S(=O)(=O)c1ccc(C)cc1. The van der Waals surface area contributed by atoms with Gasteiger partial charge >= 0.3 is 0 Å². The number of carbonyl (C=O) groups excluding carboxylic acids is 2. The second-order valence-electron chi connectivity index (χ2n) is 10.3. The molecule has 224 valence electrons. The van der Waals surface area contributed by atoms with E-state index in [-0.39, 0.29) is 29.1 Å². The summed E-state index contributed by atoms with van der Waals surface area (Å²) in [5.41, 5.74) is 2.19. The monoisotopic (exact) mass is 601 g/mol. The summed E-state index contributed by atoms with van der Waals surface area (Å²) in [6.45, 7) is 3.34. The Kier molecular flexibility index (Phi) is 10.7. The third kappa shape index (κ3) is 8.08. The van der Waals surface area contributed by atoms with Crippen molar-refractivity contribution in [3.8, 4) is 0 Å². The van der Waals surface area contributed by atoms with E-state index in [1.54, 1.807) is 60.7 Å². The van der Waals surface area contributed by atoms with Crippen molar-refractivity contribution in [2.24, 2.45) is 0 Å². The van der Waals surface area contributed by atoms with Crippen LogP contribution in [0.2, 0.25) is 0 Å². The molecule has 0 aliphatic rings. The van der Waals surface area contributed by atoms with Gasteiger partial charge in [0.1, 0.15) is 18.4 Å². The number of rotatable bonds is 13. The second kappa shape index (κ2) is 14.6. The average Bonchev–Trinajstić information content (AvgIpc) is 3.02. The number of nitrogens with one attached hydrogen (secondary N) is 1. The van der Waals surface area contributed by atoms with Gasteiger partial charge in [-0.2, -0.15) is 0 Å². The summed E-state index contributed by atoms with van der Waals surface area (Å²) in [5, 5.41) is 2.88. The first-order chi connectivity index (χ1) is 20.7. The van der Waals surface area contributed by atoms with Gasteiger partial charge in [-0.05, 0) is 49.2 Å². The Morgan fingerprint density at radius 1 is 0.837 bits per heavy atom. The van der Waals surface area contributed by atoms with Gasteiger partial charge < -0.3 is 10.2 Å². The maximum Gasteiger partial charge on any atom is 0.264 e. The van der Waals surface area contributed by atoms with Crippen LogP contribution in [0.15, 0.2) is 114 Å². The largest absolute Gasteiger partial charge is 0.354 e. The Morgan fingerprint density at radius 2 is 1.44 bits per heavy atom. The Bertz CT molecular complexity index is 1610. The molecule has 43 heavy (non-hydrogen) atoms. The summed E-state index contributed by atoms with van der Waals surface area (Å²) in [6.07, 6.45) is 0.842. The zero-order chi connectivity index (χ0) is 30.8. The fourth-order valence-electron chi connectivity index (χ4n) is 4.69. The number of nitrogens with zero attached hydrogens (tertiary/aromatic N) is 2. The van der Waals surface area contributed by atoms with Crippen molar-refractivity contribution in [1.29, 1.82) is 0 Å². The smallest absolute Gasteiger partial charge is 0.264 e. The number of para-hydroxylation sites is 1. The summed E-state index contributed by atoms with van der Waals surface area (Å²) in [5.74, 6) is -1.57. The lowest BCUT2D eigenvalue weighted by Crippen LogP contribution is -2.53. The summed E-state index contributed by atoms with van der Waals surface area (Å²) >= 11 is 0. The standard InChI is InChI=1S/C34H36FN3O4S/c1-3-22-36-34(40)32(23-27-12-6-4-7-13-27)37(24-28-14-10-11-17-31(28)35)33(39)25-38(29-15-8-5-9-16-29)43(41,42)30-20-18-26(2)19-21-30/h4-21,32H,3,22-25H2,1-2H3,(H,36,40)/t32-/m1/s1. The fraction of sp³-hybridized carbons (Fsp3) is 0.235. The molecule has 1 atom stereocenters. The molecule has 0 aromatic heterocycles. The summed E-state index contributed by atoms with van der Waals surface area (Å²) in [4.78, 5) is 29.2. The topological polar surface area (TPSA) is 86.8 Å². The number of carbonyl (C=O) groups is 2. The van der Waals surface area contributed by atoms with Crippen LogP contribution in [0.5, 0.6) is 0 Å². The third-order valence-electron chi connectivity index (χ3n) is 7.05. The van der Waals surface area contributed by atoms with Gasteiger partial charge in [-0.15, -0.1) is 0 Å². The molecule has 0 spiro atoms. The van der Waals surface area contributed by atoms with Crippen LogP contribution in [0.1, 0.15) is 30.0 Å². The van der Waals surface area contributed by atoms with Crippen molar-refractivity contribution >= 4 is 27.5 Å². The van der Waals surface area contributed by atoms with Crippen LogP contribution in [0.3, 0.4) is 0 Å². The maximum absolute atomic E-state index is 14.9. The fourth-order valence-corrected chi connectivity index (χ4v) is 6.10. The normalized spacial score (nSPS) is 11.9. The van der Waals surface area contributed by atoms with Gasteiger partial charge in [-0.1, -0.05) is 91.3 Å². The minimum absolute atomic E-state index is 0.0249. The predicted octanol–water partition coefficient (Wildman–Crippen LogP) is 5.50. The molecule has 4 aromatic carbocycles. The molecule has 0 saturated heterocycles. The molecule has 0 aliphatic carbocycles. The lowest BCUT2D eigenvalue weighted by molar-refractivity contribution is -0.140. The number of amides is 2. The molecular weight excluding hydrogens is 565 g/mol. The van der Waals surface area contributed by atoms with E-state index in [0.717, 1.165) is 15.4 Å². The molecule has 0 saturated carbocycles. The second-order valence-corrected chi connectivity index (χ2v) is 12.1. The van der Waals surface area contributed by atoms with E-state index in [9.17, 15) is 22.4 Å². The molecule has 2 amide bonds. The highest BCUT2D eigenvalue weighted by molar-refractivity contribution is 7.92. The maximum atomic E-state index is 14.9. The van der Waals surface area contributed by atoms with Crippen LogP contribution in [0, 0.1) is 12.7 Å². The van der Waals surface area contributed by atoms with Gasteiger partial charge in [-0.25, -0.2) is 12.8 Å². The molecular formula is C34H36FN3O4S. The number of aryl methyl sites for hydroxylation is 1. The lowest BCUT2D eigenvalue weighted by Gasteiger charge is -2.34. The summed E-state index contributed by atoms with van der Waals surface area (Å²) < 4.78 is 43.9. The molecule has 0 fully saturated rings. The van der Waals surface area contributed by atoms with Crippen molar-refractivity contribution in [3.05, 3.63) is 132 Å². The molecule has 4 aromatic rings. The Hall–Kier alpha value is -4.50. The molecule has 0 radical (unpaired) electrons. The van der Waals surface area contributed by atoms with Crippen molar-refractivity contribution in [2.45, 2.75) is 44.2 Å². The van der Waals surface area contributed by atoms with E-state index in [1.165, 1.54) is 23.1 Å². The van der Waals surface area contributed by atoms with Gasteiger partial charge in [0.15, 0.2) is 0 Å². The van der Waals surface area contributed by atoms with E-state index >= 15 is 0 Å². The van der Waals surface area contributed by atoms with E-state index in [0.29, 0.717) is 13.0 Å². The zero-order valence-electron chi connectivity index (χ0n) is 24.3. The highest BCUT2D eigenvalue weighted by atomic mass is 32.2.